The normalized spacial score (nSPS) is 23.1. The summed E-state index contributed by atoms with van der Waals surface area (Å²) < 4.78 is 13.5. The molecular formula is C12H15FN2. The van der Waals surface area contributed by atoms with Crippen molar-refractivity contribution in [2.75, 3.05) is 18.0 Å². The third kappa shape index (κ3) is 1.60. The molecule has 0 amide bonds. The van der Waals surface area contributed by atoms with E-state index < -0.39 is 0 Å². The summed E-state index contributed by atoms with van der Waals surface area (Å²) >= 11 is 0. The minimum absolute atomic E-state index is 0.191. The summed E-state index contributed by atoms with van der Waals surface area (Å²) in [6.07, 6.45) is 6.85. The zero-order valence-electron chi connectivity index (χ0n) is 8.75. The maximum absolute atomic E-state index is 13.5. The Hall–Kier alpha value is -1.12. The third-order valence-electron chi connectivity index (χ3n) is 3.82. The Kier molecular flexibility index (Phi) is 1.94. The van der Waals surface area contributed by atoms with E-state index in [9.17, 15) is 4.39 Å². The first-order chi connectivity index (χ1) is 7.29. The van der Waals surface area contributed by atoms with Crippen molar-refractivity contribution in [1.29, 1.82) is 0 Å². The molecule has 3 rings (SSSR count). The molecule has 0 aromatic carbocycles. The second-order valence-electron chi connectivity index (χ2n) is 4.80. The Morgan fingerprint density at radius 2 is 1.93 bits per heavy atom. The van der Waals surface area contributed by atoms with Gasteiger partial charge in [-0.2, -0.15) is 0 Å². The van der Waals surface area contributed by atoms with E-state index in [4.69, 9.17) is 0 Å². The van der Waals surface area contributed by atoms with Crippen LogP contribution in [0.3, 0.4) is 0 Å². The van der Waals surface area contributed by atoms with E-state index >= 15 is 0 Å². The molecule has 2 aliphatic rings. The Bertz CT molecular complexity index is 364. The topological polar surface area (TPSA) is 16.1 Å². The minimum Gasteiger partial charge on any atom is -0.354 e. The first-order valence-electron chi connectivity index (χ1n) is 5.65. The number of piperidine rings is 1. The van der Waals surface area contributed by atoms with Gasteiger partial charge in [-0.05, 0) is 43.2 Å². The Labute approximate surface area is 89.1 Å². The molecule has 15 heavy (non-hydrogen) atoms. The number of halogens is 1. The lowest BCUT2D eigenvalue weighted by molar-refractivity contribution is 0.380. The van der Waals surface area contributed by atoms with Crippen LogP contribution in [0.1, 0.15) is 25.7 Å². The molecule has 2 fully saturated rings. The summed E-state index contributed by atoms with van der Waals surface area (Å²) in [6, 6.07) is 3.13. The highest BCUT2D eigenvalue weighted by molar-refractivity contribution is 5.40. The van der Waals surface area contributed by atoms with Crippen molar-refractivity contribution < 1.29 is 4.39 Å². The molecule has 80 valence electrons. The van der Waals surface area contributed by atoms with Crippen molar-refractivity contribution in [2.45, 2.75) is 25.7 Å². The summed E-state index contributed by atoms with van der Waals surface area (Å²) in [5, 5.41) is 0. The molecule has 0 radical (unpaired) electrons. The van der Waals surface area contributed by atoms with E-state index in [0.717, 1.165) is 13.1 Å². The van der Waals surface area contributed by atoms with Gasteiger partial charge in [-0.25, -0.2) is 9.37 Å². The van der Waals surface area contributed by atoms with Gasteiger partial charge in [-0.15, -0.1) is 0 Å². The summed E-state index contributed by atoms with van der Waals surface area (Å²) in [6.45, 7) is 1.93. The molecule has 1 saturated heterocycles. The van der Waals surface area contributed by atoms with Crippen LogP contribution in [-0.2, 0) is 0 Å². The molecule has 0 unspecified atom stereocenters. The molecule has 1 aromatic heterocycles. The van der Waals surface area contributed by atoms with E-state index in [0.29, 0.717) is 11.2 Å². The van der Waals surface area contributed by atoms with Crippen molar-refractivity contribution >= 4 is 5.82 Å². The second kappa shape index (κ2) is 3.19. The van der Waals surface area contributed by atoms with Gasteiger partial charge in [0.25, 0.3) is 0 Å². The first-order valence-corrected chi connectivity index (χ1v) is 5.65. The van der Waals surface area contributed by atoms with Crippen LogP contribution in [-0.4, -0.2) is 18.1 Å². The number of rotatable bonds is 1. The van der Waals surface area contributed by atoms with Crippen molar-refractivity contribution in [1.82, 2.24) is 4.98 Å². The highest BCUT2D eigenvalue weighted by Crippen LogP contribution is 2.53. The fraction of sp³-hybridized carbons (Fsp3) is 0.583. The SMILES string of the molecule is Fc1cccnc1N1CCC2(CC1)CC2. The lowest BCUT2D eigenvalue weighted by atomic mass is 9.94. The fourth-order valence-corrected chi connectivity index (χ4v) is 2.48. The molecule has 1 aliphatic carbocycles. The van der Waals surface area contributed by atoms with Crippen LogP contribution < -0.4 is 4.90 Å². The van der Waals surface area contributed by atoms with Gasteiger partial charge in [0.05, 0.1) is 0 Å². The standard InChI is InChI=1S/C12H15FN2/c13-10-2-1-7-14-11(10)15-8-5-12(3-4-12)6-9-15/h1-2,7H,3-6,8-9H2. The average Bonchev–Trinajstić information content (AvgIpc) is 3.01. The van der Waals surface area contributed by atoms with Gasteiger partial charge in [-0.3, -0.25) is 0 Å². The van der Waals surface area contributed by atoms with Crippen molar-refractivity contribution in [2.24, 2.45) is 5.41 Å². The molecule has 1 aliphatic heterocycles. The lowest BCUT2D eigenvalue weighted by Gasteiger charge is -2.32. The number of anilines is 1. The monoisotopic (exact) mass is 206 g/mol. The summed E-state index contributed by atoms with van der Waals surface area (Å²) in [4.78, 5) is 6.20. The summed E-state index contributed by atoms with van der Waals surface area (Å²) in [5.74, 6) is 0.345. The van der Waals surface area contributed by atoms with Crippen molar-refractivity contribution in [3.8, 4) is 0 Å². The van der Waals surface area contributed by atoms with Crippen LogP contribution in [0.4, 0.5) is 10.2 Å². The molecule has 1 saturated carbocycles. The quantitative estimate of drug-likeness (QED) is 0.702. The Balaban J connectivity index is 1.76. The molecule has 1 aromatic rings. The Morgan fingerprint density at radius 1 is 1.20 bits per heavy atom. The molecule has 1 spiro atoms. The summed E-state index contributed by atoms with van der Waals surface area (Å²) in [7, 11) is 0. The van der Waals surface area contributed by atoms with Gasteiger partial charge in [0.1, 0.15) is 0 Å². The smallest absolute Gasteiger partial charge is 0.165 e. The average molecular weight is 206 g/mol. The molecule has 2 heterocycles. The van der Waals surface area contributed by atoms with Crippen LogP contribution in [0.25, 0.3) is 0 Å². The fourth-order valence-electron chi connectivity index (χ4n) is 2.48. The minimum atomic E-state index is -0.191. The maximum atomic E-state index is 13.5. The Morgan fingerprint density at radius 3 is 2.53 bits per heavy atom. The van der Waals surface area contributed by atoms with Crippen molar-refractivity contribution in [3.05, 3.63) is 24.1 Å². The van der Waals surface area contributed by atoms with E-state index in [1.54, 1.807) is 12.3 Å². The van der Waals surface area contributed by atoms with Gasteiger partial charge < -0.3 is 4.90 Å². The van der Waals surface area contributed by atoms with E-state index in [-0.39, 0.29) is 5.82 Å². The maximum Gasteiger partial charge on any atom is 0.165 e. The molecule has 0 N–H and O–H groups in total. The van der Waals surface area contributed by atoms with Gasteiger partial charge in [0, 0.05) is 19.3 Å². The molecule has 0 bridgehead atoms. The van der Waals surface area contributed by atoms with E-state index in [2.05, 4.69) is 9.88 Å². The van der Waals surface area contributed by atoms with Crippen molar-refractivity contribution in [3.63, 3.8) is 0 Å². The van der Waals surface area contributed by atoms with Crippen LogP contribution in [0, 0.1) is 11.2 Å². The number of nitrogens with zero attached hydrogens (tertiary/aromatic N) is 2. The number of hydrogen-bond donors (Lipinski definition) is 0. The van der Waals surface area contributed by atoms with Gasteiger partial charge in [0.2, 0.25) is 0 Å². The zero-order chi connectivity index (χ0) is 10.3. The third-order valence-corrected chi connectivity index (χ3v) is 3.82. The van der Waals surface area contributed by atoms with Crippen LogP contribution in [0.5, 0.6) is 0 Å². The van der Waals surface area contributed by atoms with Gasteiger partial charge >= 0.3 is 0 Å². The highest BCUT2D eigenvalue weighted by atomic mass is 19.1. The number of aromatic nitrogens is 1. The number of pyridine rings is 1. The lowest BCUT2D eigenvalue weighted by Crippen LogP contribution is -2.35. The molecule has 3 heteroatoms. The van der Waals surface area contributed by atoms with Crippen LogP contribution in [0.2, 0.25) is 0 Å². The van der Waals surface area contributed by atoms with Crippen LogP contribution in [0.15, 0.2) is 18.3 Å². The first kappa shape index (κ1) is 9.13. The van der Waals surface area contributed by atoms with Gasteiger partial charge in [-0.1, -0.05) is 0 Å². The second-order valence-corrected chi connectivity index (χ2v) is 4.80. The molecule has 2 nitrogen and oxygen atoms in total. The predicted octanol–water partition coefficient (Wildman–Crippen LogP) is 2.60. The van der Waals surface area contributed by atoms with Crippen LogP contribution >= 0.6 is 0 Å². The predicted molar refractivity (Wildman–Crippen MR) is 57.3 cm³/mol. The van der Waals surface area contributed by atoms with E-state index in [1.165, 1.54) is 31.7 Å². The number of hydrogen-bond acceptors (Lipinski definition) is 2. The van der Waals surface area contributed by atoms with E-state index in [1.807, 2.05) is 0 Å². The summed E-state index contributed by atoms with van der Waals surface area (Å²) in [5.41, 5.74) is 0.641. The molecule has 0 atom stereocenters. The largest absolute Gasteiger partial charge is 0.354 e. The zero-order valence-corrected chi connectivity index (χ0v) is 8.75. The molecular weight excluding hydrogens is 191 g/mol. The van der Waals surface area contributed by atoms with Gasteiger partial charge in [0.15, 0.2) is 11.6 Å². The highest BCUT2D eigenvalue weighted by Gasteiger charge is 2.44.